The molecule has 1 aliphatic rings. The van der Waals surface area contributed by atoms with E-state index in [0.29, 0.717) is 27.9 Å². The van der Waals surface area contributed by atoms with E-state index in [9.17, 15) is 0 Å². The second-order valence-electron chi connectivity index (χ2n) is 6.63. The average molecular weight is 306 g/mol. The number of halogens is 1. The molecule has 3 rings (SSSR count). The van der Waals surface area contributed by atoms with E-state index in [1.807, 2.05) is 6.07 Å². The van der Waals surface area contributed by atoms with E-state index in [-0.39, 0.29) is 0 Å². The standard InChI is InChI=1S/C16H20ClN3O/c1-16(2)7-5-10(6-8-16)14-19-15(21-20-14)11-3-4-13(18)12(17)9-11/h3-4,9-10H,5-8,18H2,1-2H3. The molecular formula is C16H20ClN3O. The van der Waals surface area contributed by atoms with Gasteiger partial charge in [0.05, 0.1) is 10.7 Å². The van der Waals surface area contributed by atoms with E-state index in [1.165, 1.54) is 12.8 Å². The Morgan fingerprint density at radius 2 is 2.00 bits per heavy atom. The third-order valence-corrected chi connectivity index (χ3v) is 4.72. The van der Waals surface area contributed by atoms with E-state index in [1.54, 1.807) is 12.1 Å². The second kappa shape index (κ2) is 5.34. The number of nitrogens with two attached hydrogens (primary N) is 1. The first-order valence-corrected chi connectivity index (χ1v) is 7.71. The molecule has 4 nitrogen and oxygen atoms in total. The highest BCUT2D eigenvalue weighted by molar-refractivity contribution is 6.33. The highest BCUT2D eigenvalue weighted by Gasteiger charge is 2.30. The molecule has 0 atom stereocenters. The molecule has 21 heavy (non-hydrogen) atoms. The van der Waals surface area contributed by atoms with Crippen LogP contribution < -0.4 is 5.73 Å². The van der Waals surface area contributed by atoms with Crippen LogP contribution in [-0.4, -0.2) is 10.1 Å². The van der Waals surface area contributed by atoms with Crippen molar-refractivity contribution in [3.63, 3.8) is 0 Å². The van der Waals surface area contributed by atoms with Crippen molar-refractivity contribution in [2.75, 3.05) is 5.73 Å². The Labute approximate surface area is 129 Å². The van der Waals surface area contributed by atoms with E-state index in [2.05, 4.69) is 24.0 Å². The normalized spacial score (nSPS) is 18.8. The van der Waals surface area contributed by atoms with E-state index in [0.717, 1.165) is 24.2 Å². The lowest BCUT2D eigenvalue weighted by molar-refractivity contribution is 0.218. The molecular weight excluding hydrogens is 286 g/mol. The number of aromatic nitrogens is 2. The van der Waals surface area contributed by atoms with Gasteiger partial charge >= 0.3 is 0 Å². The van der Waals surface area contributed by atoms with Crippen LogP contribution in [0.25, 0.3) is 11.5 Å². The van der Waals surface area contributed by atoms with Crippen LogP contribution in [0.5, 0.6) is 0 Å². The molecule has 0 aliphatic heterocycles. The van der Waals surface area contributed by atoms with Gasteiger partial charge in [0.25, 0.3) is 5.89 Å². The Bertz CT molecular complexity index is 641. The van der Waals surface area contributed by atoms with Gasteiger partial charge in [-0.05, 0) is 49.3 Å². The van der Waals surface area contributed by atoms with Gasteiger partial charge in [0, 0.05) is 11.5 Å². The SMILES string of the molecule is CC1(C)CCC(c2noc(-c3ccc(N)c(Cl)c3)n2)CC1. The Hall–Kier alpha value is -1.55. The minimum Gasteiger partial charge on any atom is -0.398 e. The Morgan fingerprint density at radius 3 is 2.67 bits per heavy atom. The predicted octanol–water partition coefficient (Wildman–Crippen LogP) is 4.66. The van der Waals surface area contributed by atoms with Gasteiger partial charge in [-0.25, -0.2) is 0 Å². The third kappa shape index (κ3) is 3.05. The molecule has 1 aromatic heterocycles. The van der Waals surface area contributed by atoms with Gasteiger partial charge in [0.15, 0.2) is 5.82 Å². The van der Waals surface area contributed by atoms with Crippen molar-refractivity contribution in [2.24, 2.45) is 5.41 Å². The summed E-state index contributed by atoms with van der Waals surface area (Å²) in [7, 11) is 0. The van der Waals surface area contributed by atoms with Crippen LogP contribution >= 0.6 is 11.6 Å². The minimum absolute atomic E-state index is 0.403. The third-order valence-electron chi connectivity index (χ3n) is 4.39. The average Bonchev–Trinajstić information content (AvgIpc) is 2.91. The predicted molar refractivity (Wildman–Crippen MR) is 84.1 cm³/mol. The lowest BCUT2D eigenvalue weighted by Crippen LogP contribution is -2.20. The van der Waals surface area contributed by atoms with Crippen LogP contribution in [0.15, 0.2) is 22.7 Å². The Balaban J connectivity index is 1.79. The minimum atomic E-state index is 0.403. The molecule has 2 N–H and O–H groups in total. The summed E-state index contributed by atoms with van der Waals surface area (Å²) in [5, 5.41) is 4.66. The van der Waals surface area contributed by atoms with Crippen molar-refractivity contribution >= 4 is 17.3 Å². The summed E-state index contributed by atoms with van der Waals surface area (Å²) in [6.45, 7) is 4.64. The summed E-state index contributed by atoms with van der Waals surface area (Å²) in [5.74, 6) is 1.73. The molecule has 0 unspecified atom stereocenters. The van der Waals surface area contributed by atoms with E-state index < -0.39 is 0 Å². The summed E-state index contributed by atoms with van der Waals surface area (Å²) < 4.78 is 5.39. The molecule has 1 aliphatic carbocycles. The van der Waals surface area contributed by atoms with Gasteiger partial charge in [-0.1, -0.05) is 30.6 Å². The van der Waals surface area contributed by atoms with Gasteiger partial charge in [-0.15, -0.1) is 0 Å². The van der Waals surface area contributed by atoms with Crippen LogP contribution in [-0.2, 0) is 0 Å². The van der Waals surface area contributed by atoms with E-state index in [4.69, 9.17) is 21.9 Å². The first-order chi connectivity index (χ1) is 9.94. The van der Waals surface area contributed by atoms with Crippen LogP contribution in [0.3, 0.4) is 0 Å². The van der Waals surface area contributed by atoms with Gasteiger partial charge in [0.2, 0.25) is 0 Å². The number of anilines is 1. The molecule has 112 valence electrons. The zero-order valence-electron chi connectivity index (χ0n) is 12.4. The van der Waals surface area contributed by atoms with Gasteiger partial charge in [-0.2, -0.15) is 4.98 Å². The van der Waals surface area contributed by atoms with Crippen LogP contribution in [0.1, 0.15) is 51.3 Å². The first kappa shape index (κ1) is 14.4. The fraction of sp³-hybridized carbons (Fsp3) is 0.500. The quantitative estimate of drug-likeness (QED) is 0.820. The summed E-state index contributed by atoms with van der Waals surface area (Å²) in [6, 6.07) is 5.37. The first-order valence-electron chi connectivity index (χ1n) is 7.34. The molecule has 1 saturated carbocycles. The summed E-state index contributed by atoms with van der Waals surface area (Å²) in [4.78, 5) is 4.55. The molecule has 0 bridgehead atoms. The molecule has 2 aromatic rings. The van der Waals surface area contributed by atoms with Crippen molar-refractivity contribution in [3.05, 3.63) is 29.0 Å². The molecule has 0 radical (unpaired) electrons. The largest absolute Gasteiger partial charge is 0.398 e. The van der Waals surface area contributed by atoms with Crippen LogP contribution in [0.4, 0.5) is 5.69 Å². The zero-order valence-corrected chi connectivity index (χ0v) is 13.2. The molecule has 5 heteroatoms. The Kier molecular flexibility index (Phi) is 3.66. The van der Waals surface area contributed by atoms with Gasteiger partial charge < -0.3 is 10.3 Å². The number of benzene rings is 1. The monoisotopic (exact) mass is 305 g/mol. The lowest BCUT2D eigenvalue weighted by atomic mass is 9.73. The molecule has 1 aromatic carbocycles. The maximum absolute atomic E-state index is 6.04. The van der Waals surface area contributed by atoms with Crippen molar-refractivity contribution in [2.45, 2.75) is 45.4 Å². The summed E-state index contributed by atoms with van der Waals surface area (Å²) >= 11 is 6.04. The molecule has 0 spiro atoms. The maximum atomic E-state index is 6.04. The van der Waals surface area contributed by atoms with Crippen molar-refractivity contribution in [3.8, 4) is 11.5 Å². The molecule has 0 amide bonds. The van der Waals surface area contributed by atoms with Crippen LogP contribution in [0, 0.1) is 5.41 Å². The van der Waals surface area contributed by atoms with Gasteiger partial charge in [0.1, 0.15) is 0 Å². The van der Waals surface area contributed by atoms with Gasteiger partial charge in [-0.3, -0.25) is 0 Å². The van der Waals surface area contributed by atoms with Crippen molar-refractivity contribution < 1.29 is 4.52 Å². The second-order valence-corrected chi connectivity index (χ2v) is 7.04. The Morgan fingerprint density at radius 1 is 1.29 bits per heavy atom. The summed E-state index contributed by atoms with van der Waals surface area (Å²) in [5.41, 5.74) is 7.51. The highest BCUT2D eigenvalue weighted by Crippen LogP contribution is 2.41. The van der Waals surface area contributed by atoms with Crippen LogP contribution in [0.2, 0.25) is 5.02 Å². The maximum Gasteiger partial charge on any atom is 0.257 e. The number of nitrogens with zero attached hydrogens (tertiary/aromatic N) is 2. The fourth-order valence-electron chi connectivity index (χ4n) is 2.84. The summed E-state index contributed by atoms with van der Waals surface area (Å²) in [6.07, 6.45) is 4.65. The number of hydrogen-bond donors (Lipinski definition) is 1. The number of nitrogen functional groups attached to an aromatic ring is 1. The fourth-order valence-corrected chi connectivity index (χ4v) is 3.02. The number of hydrogen-bond acceptors (Lipinski definition) is 4. The lowest BCUT2D eigenvalue weighted by Gasteiger charge is -2.32. The highest BCUT2D eigenvalue weighted by atomic mass is 35.5. The van der Waals surface area contributed by atoms with E-state index >= 15 is 0 Å². The molecule has 1 heterocycles. The molecule has 0 saturated heterocycles. The van der Waals surface area contributed by atoms with Crippen molar-refractivity contribution in [1.82, 2.24) is 10.1 Å². The zero-order chi connectivity index (χ0) is 15.0. The van der Waals surface area contributed by atoms with Crippen molar-refractivity contribution in [1.29, 1.82) is 0 Å². The number of rotatable bonds is 2. The topological polar surface area (TPSA) is 64.9 Å². The molecule has 1 fully saturated rings. The smallest absolute Gasteiger partial charge is 0.257 e.